The molecular formula is C13H19ClN2O2S2. The predicted octanol–water partition coefficient (Wildman–Crippen LogP) is 1.77. The number of aliphatic hydroxyl groups excluding tert-OH is 1. The van der Waals surface area contributed by atoms with Gasteiger partial charge in [-0.3, -0.25) is 9.69 Å². The molecular weight excluding hydrogens is 316 g/mol. The van der Waals surface area contributed by atoms with Crippen molar-refractivity contribution in [1.29, 1.82) is 0 Å². The maximum atomic E-state index is 12.1. The van der Waals surface area contributed by atoms with E-state index in [2.05, 4.69) is 4.90 Å². The van der Waals surface area contributed by atoms with Crippen LogP contribution in [0.1, 0.15) is 4.88 Å². The van der Waals surface area contributed by atoms with Gasteiger partial charge in [0.1, 0.15) is 0 Å². The molecule has 0 unspecified atom stereocenters. The number of hydrogen-bond donors (Lipinski definition) is 1. The third-order valence-electron chi connectivity index (χ3n) is 3.24. The van der Waals surface area contributed by atoms with Crippen LogP contribution in [0.25, 0.3) is 0 Å². The van der Waals surface area contributed by atoms with Gasteiger partial charge in [-0.25, -0.2) is 0 Å². The van der Waals surface area contributed by atoms with Crippen molar-refractivity contribution in [3.05, 3.63) is 21.3 Å². The largest absolute Gasteiger partial charge is 0.395 e. The number of β-amino-alcohol motifs (C(OH)–C–C–N with tert-alkyl or cyclic N) is 1. The van der Waals surface area contributed by atoms with E-state index in [4.69, 9.17) is 16.7 Å². The molecule has 2 rings (SSSR count). The molecule has 4 nitrogen and oxygen atoms in total. The third-order valence-corrected chi connectivity index (χ3v) is 5.62. The zero-order chi connectivity index (χ0) is 14.4. The molecule has 1 aliphatic heterocycles. The van der Waals surface area contributed by atoms with Gasteiger partial charge in [-0.15, -0.1) is 23.1 Å². The minimum Gasteiger partial charge on any atom is -0.395 e. The van der Waals surface area contributed by atoms with Crippen LogP contribution in [0.2, 0.25) is 4.34 Å². The summed E-state index contributed by atoms with van der Waals surface area (Å²) in [5.41, 5.74) is 0. The Morgan fingerprint density at radius 1 is 1.35 bits per heavy atom. The second-order valence-corrected chi connectivity index (χ2v) is 7.43. The average molecular weight is 335 g/mol. The summed E-state index contributed by atoms with van der Waals surface area (Å²) in [6, 6.07) is 3.91. The normalized spacial score (nSPS) is 16.6. The molecule has 1 N–H and O–H groups in total. The van der Waals surface area contributed by atoms with Crippen molar-refractivity contribution in [2.24, 2.45) is 0 Å². The Morgan fingerprint density at radius 2 is 2.10 bits per heavy atom. The van der Waals surface area contributed by atoms with Gasteiger partial charge in [0.25, 0.3) is 0 Å². The Bertz CT molecular complexity index is 434. The number of rotatable bonds is 6. The third kappa shape index (κ3) is 4.93. The Morgan fingerprint density at radius 3 is 2.70 bits per heavy atom. The van der Waals surface area contributed by atoms with Gasteiger partial charge >= 0.3 is 0 Å². The quantitative estimate of drug-likeness (QED) is 0.861. The number of nitrogens with zero attached hydrogens (tertiary/aromatic N) is 2. The molecule has 0 aromatic carbocycles. The molecule has 0 spiro atoms. The summed E-state index contributed by atoms with van der Waals surface area (Å²) in [5.74, 6) is 1.57. The molecule has 1 aromatic heterocycles. The van der Waals surface area contributed by atoms with Crippen LogP contribution in [-0.2, 0) is 10.5 Å². The van der Waals surface area contributed by atoms with E-state index in [1.165, 1.54) is 4.88 Å². The van der Waals surface area contributed by atoms with Crippen molar-refractivity contribution >= 4 is 40.6 Å². The number of hydrogen-bond acceptors (Lipinski definition) is 5. The zero-order valence-electron chi connectivity index (χ0n) is 11.3. The van der Waals surface area contributed by atoms with Gasteiger partial charge < -0.3 is 10.0 Å². The fourth-order valence-electron chi connectivity index (χ4n) is 2.12. The molecule has 7 heteroatoms. The monoisotopic (exact) mass is 334 g/mol. The standard InChI is InChI=1S/C13H19ClN2O2S2/c14-12-2-1-11(20-12)9-19-10-13(18)16-5-3-15(4-6-16)7-8-17/h1-2,17H,3-10H2. The minimum absolute atomic E-state index is 0.188. The van der Waals surface area contributed by atoms with Gasteiger partial charge in [-0.1, -0.05) is 11.6 Å². The first-order valence-electron chi connectivity index (χ1n) is 6.62. The smallest absolute Gasteiger partial charge is 0.232 e. The molecule has 0 atom stereocenters. The number of halogens is 1. The first-order valence-corrected chi connectivity index (χ1v) is 8.97. The number of aliphatic hydroxyl groups is 1. The molecule has 1 aromatic rings. The van der Waals surface area contributed by atoms with E-state index < -0.39 is 0 Å². The Balaban J connectivity index is 1.65. The van der Waals surface area contributed by atoms with Crippen molar-refractivity contribution in [2.75, 3.05) is 45.1 Å². The Hall–Kier alpha value is -0.270. The van der Waals surface area contributed by atoms with Crippen LogP contribution in [0.4, 0.5) is 0 Å². The van der Waals surface area contributed by atoms with Gasteiger partial charge in [0.2, 0.25) is 5.91 Å². The number of thiophene rings is 1. The van der Waals surface area contributed by atoms with E-state index in [0.717, 1.165) is 36.3 Å². The summed E-state index contributed by atoms with van der Waals surface area (Å²) in [6.45, 7) is 4.15. The first-order chi connectivity index (χ1) is 9.69. The molecule has 0 saturated carbocycles. The predicted molar refractivity (Wildman–Crippen MR) is 85.6 cm³/mol. The topological polar surface area (TPSA) is 43.8 Å². The average Bonchev–Trinajstić information content (AvgIpc) is 2.85. The lowest BCUT2D eigenvalue weighted by atomic mass is 10.3. The molecule has 0 aliphatic carbocycles. The molecule has 1 aliphatic rings. The Kier molecular flexibility index (Phi) is 6.64. The minimum atomic E-state index is 0.188. The fraction of sp³-hybridized carbons (Fsp3) is 0.615. The molecule has 1 saturated heterocycles. The summed E-state index contributed by atoms with van der Waals surface area (Å²) in [5, 5.41) is 8.89. The van der Waals surface area contributed by atoms with Gasteiger partial charge in [-0.05, 0) is 12.1 Å². The van der Waals surface area contributed by atoms with Crippen LogP contribution < -0.4 is 0 Å². The Labute approximate surface area is 132 Å². The van der Waals surface area contributed by atoms with Gasteiger partial charge in [0.05, 0.1) is 16.7 Å². The highest BCUT2D eigenvalue weighted by Gasteiger charge is 2.20. The first kappa shape index (κ1) is 16.1. The summed E-state index contributed by atoms with van der Waals surface area (Å²) in [7, 11) is 0. The fourth-order valence-corrected chi connectivity index (χ4v) is 4.25. The molecule has 0 radical (unpaired) electrons. The molecule has 112 valence electrons. The van der Waals surface area contributed by atoms with Crippen LogP contribution in [-0.4, -0.2) is 65.9 Å². The maximum Gasteiger partial charge on any atom is 0.232 e. The molecule has 2 heterocycles. The van der Waals surface area contributed by atoms with Crippen molar-refractivity contribution in [2.45, 2.75) is 5.75 Å². The lowest BCUT2D eigenvalue weighted by Crippen LogP contribution is -2.49. The SMILES string of the molecule is O=C(CSCc1ccc(Cl)s1)N1CCN(CCO)CC1. The van der Waals surface area contributed by atoms with Crippen LogP contribution >= 0.6 is 34.7 Å². The molecule has 1 amide bonds. The lowest BCUT2D eigenvalue weighted by molar-refractivity contribution is -0.130. The number of carbonyl (C=O) groups excluding carboxylic acids is 1. The van der Waals surface area contributed by atoms with Crippen LogP contribution in [0, 0.1) is 0 Å². The van der Waals surface area contributed by atoms with E-state index in [1.807, 2.05) is 17.0 Å². The molecule has 1 fully saturated rings. The van der Waals surface area contributed by atoms with E-state index in [-0.39, 0.29) is 12.5 Å². The van der Waals surface area contributed by atoms with Gasteiger partial charge in [-0.2, -0.15) is 0 Å². The number of thioether (sulfide) groups is 1. The second kappa shape index (κ2) is 8.24. The number of piperazine rings is 1. The second-order valence-electron chi connectivity index (χ2n) is 4.64. The lowest BCUT2D eigenvalue weighted by Gasteiger charge is -2.34. The zero-order valence-corrected chi connectivity index (χ0v) is 13.6. The highest BCUT2D eigenvalue weighted by atomic mass is 35.5. The van der Waals surface area contributed by atoms with E-state index >= 15 is 0 Å². The molecule has 0 bridgehead atoms. The van der Waals surface area contributed by atoms with Gasteiger partial charge in [0.15, 0.2) is 0 Å². The van der Waals surface area contributed by atoms with E-state index in [9.17, 15) is 4.79 Å². The highest BCUT2D eigenvalue weighted by Crippen LogP contribution is 2.25. The van der Waals surface area contributed by atoms with Crippen molar-refractivity contribution in [3.63, 3.8) is 0 Å². The number of carbonyl (C=O) groups is 1. The van der Waals surface area contributed by atoms with Crippen molar-refractivity contribution in [1.82, 2.24) is 9.80 Å². The van der Waals surface area contributed by atoms with Crippen LogP contribution in [0.3, 0.4) is 0 Å². The highest BCUT2D eigenvalue weighted by molar-refractivity contribution is 7.99. The molecule has 20 heavy (non-hydrogen) atoms. The summed E-state index contributed by atoms with van der Waals surface area (Å²) < 4.78 is 0.798. The van der Waals surface area contributed by atoms with Crippen LogP contribution in [0.15, 0.2) is 12.1 Å². The van der Waals surface area contributed by atoms with E-state index in [1.54, 1.807) is 23.1 Å². The van der Waals surface area contributed by atoms with E-state index in [0.29, 0.717) is 12.3 Å². The van der Waals surface area contributed by atoms with Crippen molar-refractivity contribution < 1.29 is 9.90 Å². The van der Waals surface area contributed by atoms with Gasteiger partial charge in [0, 0.05) is 43.4 Å². The summed E-state index contributed by atoms with van der Waals surface area (Å²) in [4.78, 5) is 17.4. The van der Waals surface area contributed by atoms with Crippen LogP contribution in [0.5, 0.6) is 0 Å². The summed E-state index contributed by atoms with van der Waals surface area (Å²) >= 11 is 9.08. The number of amides is 1. The summed E-state index contributed by atoms with van der Waals surface area (Å²) in [6.07, 6.45) is 0. The maximum absolute atomic E-state index is 12.1. The van der Waals surface area contributed by atoms with Crippen molar-refractivity contribution in [3.8, 4) is 0 Å².